The van der Waals surface area contributed by atoms with Gasteiger partial charge in [0.25, 0.3) is 11.1 Å². The summed E-state index contributed by atoms with van der Waals surface area (Å²) in [4.78, 5) is 35.2. The van der Waals surface area contributed by atoms with E-state index in [-0.39, 0.29) is 11.1 Å². The van der Waals surface area contributed by atoms with E-state index in [1.165, 1.54) is 14.0 Å². The minimum absolute atomic E-state index is 0.304. The Morgan fingerprint density at radius 1 is 1.33 bits per heavy atom. The molecule has 21 heavy (non-hydrogen) atoms. The molecule has 1 N–H and O–H groups in total. The van der Waals surface area contributed by atoms with E-state index in [0.717, 1.165) is 22.2 Å². The Hall–Kier alpha value is -2.28. The minimum atomic E-state index is -1.05. The Balaban J connectivity index is 2.11. The molecule has 7 heteroatoms. The second-order valence-electron chi connectivity index (χ2n) is 4.41. The summed E-state index contributed by atoms with van der Waals surface area (Å²) in [6, 6.07) is 6.60. The van der Waals surface area contributed by atoms with Crippen LogP contribution in [-0.4, -0.2) is 40.3 Å². The Bertz CT molecular complexity index is 623. The van der Waals surface area contributed by atoms with Crippen LogP contribution in [0, 0.1) is 0 Å². The second-order valence-corrected chi connectivity index (χ2v) is 5.40. The largest absolute Gasteiger partial charge is 0.479 e. The number of likely N-dealkylation sites (N-methyl/N-ethyl adjacent to an activating group) is 1. The minimum Gasteiger partial charge on any atom is -0.479 e. The lowest BCUT2D eigenvalue weighted by Gasteiger charge is -2.10. The number of ether oxygens (including phenoxy) is 1. The molecule has 1 fully saturated rings. The topological polar surface area (TPSA) is 83.9 Å². The molecule has 0 aliphatic carbocycles. The number of hydrogen-bond acceptors (Lipinski definition) is 5. The number of rotatable bonds is 4. The summed E-state index contributed by atoms with van der Waals surface area (Å²) in [5.74, 6) is -0.953. The highest BCUT2D eigenvalue weighted by Crippen LogP contribution is 2.31. The lowest BCUT2D eigenvalue weighted by molar-refractivity contribution is -0.144. The van der Waals surface area contributed by atoms with Crippen LogP contribution >= 0.6 is 11.8 Å². The quantitative estimate of drug-likeness (QED) is 0.859. The maximum absolute atomic E-state index is 11.7. The molecule has 0 spiro atoms. The standard InChI is InChI=1S/C14H13NO5S/c1-8(13(17)18)20-10-5-3-9(4-6-10)7-11-12(16)15(2)14(19)21-11/h3-8H,1-2H3,(H,17,18)/b11-7-. The van der Waals surface area contributed by atoms with Crippen molar-refractivity contribution in [1.82, 2.24) is 4.90 Å². The van der Waals surface area contributed by atoms with Crippen LogP contribution in [0.3, 0.4) is 0 Å². The predicted molar refractivity (Wildman–Crippen MR) is 77.9 cm³/mol. The molecule has 0 bridgehead atoms. The molecule has 1 heterocycles. The lowest BCUT2D eigenvalue weighted by Crippen LogP contribution is -2.22. The lowest BCUT2D eigenvalue weighted by atomic mass is 10.2. The first-order valence-corrected chi connectivity index (χ1v) is 6.91. The van der Waals surface area contributed by atoms with Gasteiger partial charge in [-0.3, -0.25) is 14.5 Å². The zero-order valence-corrected chi connectivity index (χ0v) is 12.2. The van der Waals surface area contributed by atoms with E-state index in [0.29, 0.717) is 10.7 Å². The molecule has 110 valence electrons. The fraction of sp³-hybridized carbons (Fsp3) is 0.214. The van der Waals surface area contributed by atoms with Crippen molar-refractivity contribution in [2.24, 2.45) is 0 Å². The van der Waals surface area contributed by atoms with Gasteiger partial charge in [-0.2, -0.15) is 0 Å². The number of benzene rings is 1. The second kappa shape index (κ2) is 6.01. The number of carboxylic acid groups (broad SMARTS) is 1. The molecule has 1 aromatic carbocycles. The van der Waals surface area contributed by atoms with Crippen LogP contribution in [0.5, 0.6) is 5.75 Å². The van der Waals surface area contributed by atoms with Crippen LogP contribution in [0.2, 0.25) is 0 Å². The fourth-order valence-corrected chi connectivity index (χ4v) is 2.42. The highest BCUT2D eigenvalue weighted by molar-refractivity contribution is 8.18. The van der Waals surface area contributed by atoms with Gasteiger partial charge in [-0.05, 0) is 42.5 Å². The molecular formula is C14H13NO5S. The van der Waals surface area contributed by atoms with E-state index in [1.54, 1.807) is 30.3 Å². The van der Waals surface area contributed by atoms with E-state index < -0.39 is 12.1 Å². The number of carbonyl (C=O) groups excluding carboxylic acids is 2. The van der Waals surface area contributed by atoms with Gasteiger partial charge >= 0.3 is 5.97 Å². The number of hydrogen-bond donors (Lipinski definition) is 1. The van der Waals surface area contributed by atoms with Crippen LogP contribution < -0.4 is 4.74 Å². The van der Waals surface area contributed by atoms with Gasteiger partial charge in [0.05, 0.1) is 4.91 Å². The smallest absolute Gasteiger partial charge is 0.344 e. The molecule has 6 nitrogen and oxygen atoms in total. The van der Waals surface area contributed by atoms with Crippen LogP contribution in [0.15, 0.2) is 29.2 Å². The van der Waals surface area contributed by atoms with Gasteiger partial charge in [0.15, 0.2) is 6.10 Å². The van der Waals surface area contributed by atoms with Crippen LogP contribution in [-0.2, 0) is 9.59 Å². The van der Waals surface area contributed by atoms with Crippen LogP contribution in [0.1, 0.15) is 12.5 Å². The van der Waals surface area contributed by atoms with Gasteiger partial charge in [-0.15, -0.1) is 0 Å². The van der Waals surface area contributed by atoms with Crippen molar-refractivity contribution in [2.75, 3.05) is 7.05 Å². The number of carboxylic acids is 1. The number of imide groups is 1. The zero-order chi connectivity index (χ0) is 15.6. The molecule has 1 aromatic rings. The fourth-order valence-electron chi connectivity index (χ4n) is 1.59. The maximum atomic E-state index is 11.7. The molecule has 1 atom stereocenters. The van der Waals surface area contributed by atoms with Gasteiger partial charge in [0, 0.05) is 7.05 Å². The van der Waals surface area contributed by atoms with Gasteiger partial charge in [-0.1, -0.05) is 12.1 Å². The van der Waals surface area contributed by atoms with Crippen molar-refractivity contribution >= 4 is 35.0 Å². The molecule has 0 aromatic heterocycles. The molecule has 1 aliphatic heterocycles. The van der Waals surface area contributed by atoms with E-state index in [4.69, 9.17) is 9.84 Å². The van der Waals surface area contributed by atoms with E-state index in [1.807, 2.05) is 0 Å². The summed E-state index contributed by atoms with van der Waals surface area (Å²) in [5, 5.41) is 8.45. The number of amides is 2. The summed E-state index contributed by atoms with van der Waals surface area (Å²) in [6.07, 6.45) is 0.672. The van der Waals surface area contributed by atoms with Crippen LogP contribution in [0.25, 0.3) is 6.08 Å². The van der Waals surface area contributed by atoms with Crippen molar-refractivity contribution in [3.63, 3.8) is 0 Å². The first-order chi connectivity index (χ1) is 9.88. The summed E-state index contributed by atoms with van der Waals surface area (Å²) in [7, 11) is 1.43. The third-order valence-electron chi connectivity index (χ3n) is 2.83. The highest BCUT2D eigenvalue weighted by atomic mass is 32.2. The van der Waals surface area contributed by atoms with E-state index >= 15 is 0 Å². The van der Waals surface area contributed by atoms with Crippen LogP contribution in [0.4, 0.5) is 4.79 Å². The third kappa shape index (κ3) is 3.43. The number of thioether (sulfide) groups is 1. The molecular weight excluding hydrogens is 294 g/mol. The van der Waals surface area contributed by atoms with Crippen molar-refractivity contribution in [2.45, 2.75) is 13.0 Å². The van der Waals surface area contributed by atoms with Gasteiger partial charge in [0.1, 0.15) is 5.75 Å². The number of aliphatic carboxylic acids is 1. The Labute approximate surface area is 125 Å². The van der Waals surface area contributed by atoms with E-state index in [2.05, 4.69) is 0 Å². The first kappa shape index (κ1) is 15.1. The molecule has 2 amide bonds. The SMILES string of the molecule is CC(Oc1ccc(/C=C2\SC(=O)N(C)C2=O)cc1)C(=O)O. The first-order valence-electron chi connectivity index (χ1n) is 6.09. The molecule has 2 rings (SSSR count). The van der Waals surface area contributed by atoms with E-state index in [9.17, 15) is 14.4 Å². The summed E-state index contributed by atoms with van der Waals surface area (Å²) in [5.41, 5.74) is 0.726. The van der Waals surface area contributed by atoms with Crippen molar-refractivity contribution in [1.29, 1.82) is 0 Å². The predicted octanol–water partition coefficient (Wildman–Crippen LogP) is 2.20. The molecule has 1 aliphatic rings. The highest BCUT2D eigenvalue weighted by Gasteiger charge is 2.31. The van der Waals surface area contributed by atoms with Crippen molar-refractivity contribution in [3.8, 4) is 5.75 Å². The number of carbonyl (C=O) groups is 3. The maximum Gasteiger partial charge on any atom is 0.344 e. The van der Waals surface area contributed by atoms with Crippen molar-refractivity contribution in [3.05, 3.63) is 34.7 Å². The van der Waals surface area contributed by atoms with Gasteiger partial charge < -0.3 is 9.84 Å². The molecule has 1 unspecified atom stereocenters. The van der Waals surface area contributed by atoms with Crippen molar-refractivity contribution < 1.29 is 24.2 Å². The normalized spacial score (nSPS) is 18.2. The molecule has 0 radical (unpaired) electrons. The van der Waals surface area contributed by atoms with Gasteiger partial charge in [-0.25, -0.2) is 4.79 Å². The molecule has 1 saturated heterocycles. The summed E-state index contributed by atoms with van der Waals surface area (Å²) in [6.45, 7) is 1.44. The Kier molecular flexibility index (Phi) is 4.32. The summed E-state index contributed by atoms with van der Waals surface area (Å²) >= 11 is 0.885. The zero-order valence-electron chi connectivity index (χ0n) is 11.4. The third-order valence-corrected chi connectivity index (χ3v) is 3.79. The summed E-state index contributed by atoms with van der Waals surface area (Å²) < 4.78 is 5.20. The molecule has 0 saturated carbocycles. The number of nitrogens with zero attached hydrogens (tertiary/aromatic N) is 1. The average molecular weight is 307 g/mol. The van der Waals surface area contributed by atoms with Gasteiger partial charge in [0.2, 0.25) is 0 Å². The Morgan fingerprint density at radius 2 is 1.95 bits per heavy atom. The Morgan fingerprint density at radius 3 is 2.43 bits per heavy atom. The monoisotopic (exact) mass is 307 g/mol. The average Bonchev–Trinajstić information content (AvgIpc) is 2.68.